The van der Waals surface area contributed by atoms with E-state index in [1.165, 1.54) is 12.1 Å². The largest absolute Gasteiger partial charge is 0.337 e. The number of hydrogen-bond donors (Lipinski definition) is 1. The number of rotatable bonds is 4. The third-order valence-electron chi connectivity index (χ3n) is 4.83. The van der Waals surface area contributed by atoms with Gasteiger partial charge in [0.25, 0.3) is 5.69 Å². The number of hydrogen-bond acceptors (Lipinski definition) is 4. The summed E-state index contributed by atoms with van der Waals surface area (Å²) in [6.07, 6.45) is 1.79. The molecule has 0 atom stereocenters. The molecule has 0 radical (unpaired) electrons. The summed E-state index contributed by atoms with van der Waals surface area (Å²) in [7, 11) is 0. The molecule has 0 bridgehead atoms. The van der Waals surface area contributed by atoms with Gasteiger partial charge in [0.05, 0.1) is 27.2 Å². The van der Waals surface area contributed by atoms with Gasteiger partial charge in [-0.2, -0.15) is 5.26 Å². The number of H-pyrrole nitrogens is 1. The molecule has 142 valence electrons. The van der Waals surface area contributed by atoms with Crippen LogP contribution in [0.1, 0.15) is 22.8 Å². The van der Waals surface area contributed by atoms with Crippen molar-refractivity contribution in [3.05, 3.63) is 87.5 Å². The molecule has 2 aromatic carbocycles. The Balaban J connectivity index is 1.80. The lowest BCUT2D eigenvalue weighted by atomic mass is 10.1. The van der Waals surface area contributed by atoms with E-state index in [9.17, 15) is 15.4 Å². The van der Waals surface area contributed by atoms with Crippen LogP contribution >= 0.6 is 0 Å². The number of aryl methyl sites for hydroxylation is 1. The number of nitro benzene ring substituents is 1. The zero-order valence-corrected chi connectivity index (χ0v) is 15.9. The first kappa shape index (κ1) is 18.2. The summed E-state index contributed by atoms with van der Waals surface area (Å²) in [5, 5.41) is 20.8. The molecule has 2 aromatic heterocycles. The Kier molecular flexibility index (Phi) is 4.45. The molecule has 1 N–H and O–H groups in total. The van der Waals surface area contributed by atoms with Crippen LogP contribution in [0.2, 0.25) is 0 Å². The zero-order chi connectivity index (χ0) is 20.5. The minimum atomic E-state index is -0.409. The molecule has 0 aliphatic rings. The Hall–Kier alpha value is -4.18. The van der Waals surface area contributed by atoms with Crippen molar-refractivity contribution in [2.24, 2.45) is 0 Å². The number of aromatic nitrogens is 3. The van der Waals surface area contributed by atoms with Crippen molar-refractivity contribution < 1.29 is 4.92 Å². The van der Waals surface area contributed by atoms with Gasteiger partial charge in [-0.3, -0.25) is 10.1 Å². The van der Waals surface area contributed by atoms with Crippen molar-refractivity contribution in [1.29, 1.82) is 5.26 Å². The van der Waals surface area contributed by atoms with Crippen LogP contribution in [0.3, 0.4) is 0 Å². The van der Waals surface area contributed by atoms with Gasteiger partial charge in [0.1, 0.15) is 11.9 Å². The molecule has 2 heterocycles. The lowest BCUT2D eigenvalue weighted by Crippen LogP contribution is -2.00. The second-order valence-electron chi connectivity index (χ2n) is 6.71. The molecule has 0 fully saturated rings. The minimum Gasteiger partial charge on any atom is -0.337 e. The third kappa shape index (κ3) is 3.28. The van der Waals surface area contributed by atoms with Crippen LogP contribution in [-0.4, -0.2) is 19.5 Å². The van der Waals surface area contributed by atoms with Crippen LogP contribution in [-0.2, 0) is 0 Å². The Morgan fingerprint density at radius 3 is 2.72 bits per heavy atom. The van der Waals surface area contributed by atoms with E-state index in [1.54, 1.807) is 12.1 Å². The summed E-state index contributed by atoms with van der Waals surface area (Å²) in [5.74, 6) is 0.508. The molecule has 0 unspecified atom stereocenters. The summed E-state index contributed by atoms with van der Waals surface area (Å²) < 4.78 is 1.94. The highest BCUT2D eigenvalue weighted by molar-refractivity contribution is 5.90. The standard InChI is InChI=1S/C22H17N5O2/c1-14-10-16(15(2)26(14)18-6-5-7-19(12-18)27(28)29)11-17(13-23)22-24-20-8-3-4-9-21(20)25-22/h3-12H,1-2H3,(H,24,25)/b17-11-. The van der Waals surface area contributed by atoms with Gasteiger partial charge in [0.15, 0.2) is 0 Å². The van der Waals surface area contributed by atoms with Gasteiger partial charge in [-0.25, -0.2) is 4.98 Å². The van der Waals surface area contributed by atoms with E-state index in [4.69, 9.17) is 0 Å². The SMILES string of the molecule is Cc1cc(/C=C(/C#N)c2nc3ccccc3[nH]2)c(C)n1-c1cccc([N+](=O)[O-])c1. The number of imidazole rings is 1. The quantitative estimate of drug-likeness (QED) is 0.306. The van der Waals surface area contributed by atoms with Crippen molar-refractivity contribution in [2.45, 2.75) is 13.8 Å². The fraction of sp³-hybridized carbons (Fsp3) is 0.0909. The van der Waals surface area contributed by atoms with E-state index >= 15 is 0 Å². The molecule has 0 saturated heterocycles. The molecule has 4 aromatic rings. The average Bonchev–Trinajstić information content (AvgIpc) is 3.26. The summed E-state index contributed by atoms with van der Waals surface area (Å²) in [6, 6.07) is 18.3. The Morgan fingerprint density at radius 2 is 2.00 bits per heavy atom. The number of nitro groups is 1. The van der Waals surface area contributed by atoms with Gasteiger partial charge in [-0.15, -0.1) is 0 Å². The van der Waals surface area contributed by atoms with Gasteiger partial charge in [-0.1, -0.05) is 18.2 Å². The molecule has 0 aliphatic heterocycles. The number of non-ortho nitro benzene ring substituents is 1. The molecule has 7 heteroatoms. The molecule has 0 aliphatic carbocycles. The second kappa shape index (κ2) is 7.09. The Labute approximate surface area is 166 Å². The number of nitrogens with one attached hydrogen (secondary N) is 1. The fourth-order valence-electron chi connectivity index (χ4n) is 3.47. The predicted octanol–water partition coefficient (Wildman–Crippen LogP) is 4.94. The number of benzene rings is 2. The highest BCUT2D eigenvalue weighted by Gasteiger charge is 2.14. The molecule has 29 heavy (non-hydrogen) atoms. The zero-order valence-electron chi connectivity index (χ0n) is 15.9. The second-order valence-corrected chi connectivity index (χ2v) is 6.71. The molecule has 0 saturated carbocycles. The average molecular weight is 383 g/mol. The maximum Gasteiger partial charge on any atom is 0.271 e. The van der Waals surface area contributed by atoms with Crippen LogP contribution in [0.15, 0.2) is 54.6 Å². The van der Waals surface area contributed by atoms with E-state index in [1.807, 2.05) is 54.8 Å². The van der Waals surface area contributed by atoms with Gasteiger partial charge in [-0.05, 0) is 49.8 Å². The first-order chi connectivity index (χ1) is 14.0. The van der Waals surface area contributed by atoms with Crippen molar-refractivity contribution >= 4 is 28.4 Å². The molecule has 7 nitrogen and oxygen atoms in total. The van der Waals surface area contributed by atoms with E-state index in [2.05, 4.69) is 16.0 Å². The first-order valence-electron chi connectivity index (χ1n) is 8.98. The Bertz CT molecular complexity index is 1290. The van der Waals surface area contributed by atoms with Crippen LogP contribution in [0.4, 0.5) is 5.69 Å². The lowest BCUT2D eigenvalue weighted by molar-refractivity contribution is -0.384. The van der Waals surface area contributed by atoms with Gasteiger partial charge >= 0.3 is 0 Å². The van der Waals surface area contributed by atoms with Crippen LogP contribution in [0.5, 0.6) is 0 Å². The summed E-state index contributed by atoms with van der Waals surface area (Å²) in [6.45, 7) is 3.85. The summed E-state index contributed by atoms with van der Waals surface area (Å²) in [4.78, 5) is 18.4. The normalized spacial score (nSPS) is 11.6. The maximum atomic E-state index is 11.1. The number of fused-ring (bicyclic) bond motifs is 1. The number of aromatic amines is 1. The monoisotopic (exact) mass is 383 g/mol. The lowest BCUT2D eigenvalue weighted by Gasteiger charge is -2.09. The first-order valence-corrected chi connectivity index (χ1v) is 8.98. The predicted molar refractivity (Wildman–Crippen MR) is 111 cm³/mol. The van der Waals surface area contributed by atoms with E-state index in [0.29, 0.717) is 17.1 Å². The molecule has 0 spiro atoms. The topological polar surface area (TPSA) is 101 Å². The Morgan fingerprint density at radius 1 is 1.21 bits per heavy atom. The molecular weight excluding hydrogens is 366 g/mol. The number of nitrogens with zero attached hydrogens (tertiary/aromatic N) is 4. The van der Waals surface area contributed by atoms with Crippen LogP contribution < -0.4 is 0 Å². The number of nitriles is 1. The summed E-state index contributed by atoms with van der Waals surface area (Å²) >= 11 is 0. The molecule has 4 rings (SSSR count). The summed E-state index contributed by atoms with van der Waals surface area (Å²) in [5.41, 5.74) is 5.47. The van der Waals surface area contributed by atoms with Gasteiger partial charge < -0.3 is 9.55 Å². The van der Waals surface area contributed by atoms with Crippen LogP contribution in [0, 0.1) is 35.3 Å². The van der Waals surface area contributed by atoms with Gasteiger partial charge in [0.2, 0.25) is 0 Å². The minimum absolute atomic E-state index is 0.0343. The van der Waals surface area contributed by atoms with E-state index in [0.717, 1.165) is 28.0 Å². The number of para-hydroxylation sites is 2. The highest BCUT2D eigenvalue weighted by Crippen LogP contribution is 2.27. The third-order valence-corrected chi connectivity index (χ3v) is 4.83. The molecule has 0 amide bonds. The van der Waals surface area contributed by atoms with Gasteiger partial charge in [0, 0.05) is 23.5 Å². The van der Waals surface area contributed by atoms with Crippen LogP contribution in [0.25, 0.3) is 28.4 Å². The van der Waals surface area contributed by atoms with Crippen molar-refractivity contribution in [3.63, 3.8) is 0 Å². The molecular formula is C22H17N5O2. The highest BCUT2D eigenvalue weighted by atomic mass is 16.6. The van der Waals surface area contributed by atoms with Crippen molar-refractivity contribution in [1.82, 2.24) is 14.5 Å². The smallest absolute Gasteiger partial charge is 0.271 e. The number of allylic oxidation sites excluding steroid dienone is 1. The van der Waals surface area contributed by atoms with E-state index < -0.39 is 4.92 Å². The maximum absolute atomic E-state index is 11.1. The van der Waals surface area contributed by atoms with Crippen molar-refractivity contribution in [3.8, 4) is 11.8 Å². The van der Waals surface area contributed by atoms with E-state index in [-0.39, 0.29) is 5.69 Å². The fourth-order valence-corrected chi connectivity index (χ4v) is 3.47. The van der Waals surface area contributed by atoms with Crippen molar-refractivity contribution in [2.75, 3.05) is 0 Å².